The molecule has 2 heterocycles. The van der Waals surface area contributed by atoms with E-state index in [2.05, 4.69) is 22.2 Å². The maximum atomic E-state index is 4.44. The summed E-state index contributed by atoms with van der Waals surface area (Å²) in [6.07, 6.45) is 3.00. The predicted octanol–water partition coefficient (Wildman–Crippen LogP) is 2.05. The number of nitrogens with one attached hydrogen (secondary N) is 1. The molecule has 0 saturated heterocycles. The lowest BCUT2D eigenvalue weighted by Gasteiger charge is -2.06. The normalized spacial score (nSPS) is 20.1. The van der Waals surface area contributed by atoms with Crippen LogP contribution in [0.1, 0.15) is 19.0 Å². The topological polar surface area (TPSA) is 37.3 Å². The van der Waals surface area contributed by atoms with E-state index in [-0.39, 0.29) is 0 Å². The second-order valence-corrected chi connectivity index (χ2v) is 4.76. The number of hydrogen-bond acceptors (Lipinski definition) is 4. The maximum Gasteiger partial charge on any atom is 0.157 e. The number of aliphatic imine (C=N–C) groups is 1. The molecular formula is C11H15N3S. The fourth-order valence-corrected chi connectivity index (χ4v) is 2.33. The Morgan fingerprint density at radius 1 is 1.53 bits per heavy atom. The molecule has 15 heavy (non-hydrogen) atoms. The molecule has 3 nitrogen and oxygen atoms in total. The minimum atomic E-state index is 0.663. The highest BCUT2D eigenvalue weighted by Gasteiger charge is 2.16. The van der Waals surface area contributed by atoms with Gasteiger partial charge in [0, 0.05) is 11.4 Å². The van der Waals surface area contributed by atoms with Crippen molar-refractivity contribution < 1.29 is 0 Å². The van der Waals surface area contributed by atoms with E-state index in [0.29, 0.717) is 5.25 Å². The molecule has 1 aliphatic heterocycles. The molecule has 0 amide bonds. The van der Waals surface area contributed by atoms with Crippen LogP contribution in [0.4, 0.5) is 0 Å². The van der Waals surface area contributed by atoms with Crippen LogP contribution < -0.4 is 5.32 Å². The van der Waals surface area contributed by atoms with Crippen molar-refractivity contribution >= 4 is 16.9 Å². The first-order valence-electron chi connectivity index (χ1n) is 5.23. The molecule has 1 unspecified atom stereocenters. The molecular weight excluding hydrogens is 206 g/mol. The average molecular weight is 221 g/mol. The van der Waals surface area contributed by atoms with E-state index in [1.807, 2.05) is 36.2 Å². The van der Waals surface area contributed by atoms with Crippen LogP contribution in [0, 0.1) is 0 Å². The Hall–Kier alpha value is -1.03. The minimum Gasteiger partial charge on any atom is -0.359 e. The zero-order chi connectivity index (χ0) is 10.5. The van der Waals surface area contributed by atoms with E-state index in [0.717, 1.165) is 24.0 Å². The summed E-state index contributed by atoms with van der Waals surface area (Å²) in [6, 6.07) is 5.95. The summed E-state index contributed by atoms with van der Waals surface area (Å²) >= 11 is 1.84. The predicted molar refractivity (Wildman–Crippen MR) is 65.0 cm³/mol. The fraction of sp³-hybridized carbons (Fsp3) is 0.455. The van der Waals surface area contributed by atoms with Gasteiger partial charge in [-0.1, -0.05) is 24.8 Å². The summed E-state index contributed by atoms with van der Waals surface area (Å²) < 4.78 is 0. The number of amidine groups is 1. The van der Waals surface area contributed by atoms with Crippen LogP contribution in [0.3, 0.4) is 0 Å². The summed E-state index contributed by atoms with van der Waals surface area (Å²) in [5, 5.41) is 5.04. The van der Waals surface area contributed by atoms with Crippen molar-refractivity contribution in [2.45, 2.75) is 25.1 Å². The van der Waals surface area contributed by atoms with Gasteiger partial charge in [0.05, 0.1) is 18.8 Å². The molecule has 0 aliphatic carbocycles. The third-order valence-electron chi connectivity index (χ3n) is 2.32. The van der Waals surface area contributed by atoms with Crippen molar-refractivity contribution in [1.29, 1.82) is 0 Å². The Morgan fingerprint density at radius 3 is 3.13 bits per heavy atom. The number of thioether (sulfide) groups is 1. The zero-order valence-electron chi connectivity index (χ0n) is 8.81. The molecule has 1 aromatic rings. The Bertz CT molecular complexity index is 337. The summed E-state index contributed by atoms with van der Waals surface area (Å²) in [5.74, 6) is 0. The molecule has 0 aromatic carbocycles. The van der Waals surface area contributed by atoms with E-state index < -0.39 is 0 Å². The van der Waals surface area contributed by atoms with Crippen molar-refractivity contribution in [3.05, 3.63) is 30.1 Å². The number of hydrogen-bond donors (Lipinski definition) is 1. The molecule has 2 rings (SSSR count). The van der Waals surface area contributed by atoms with Gasteiger partial charge in [-0.2, -0.15) is 0 Å². The molecule has 0 spiro atoms. The highest BCUT2D eigenvalue weighted by atomic mass is 32.2. The summed E-state index contributed by atoms with van der Waals surface area (Å²) in [5.41, 5.74) is 1.06. The van der Waals surface area contributed by atoms with Crippen molar-refractivity contribution in [3.63, 3.8) is 0 Å². The van der Waals surface area contributed by atoms with Crippen LogP contribution in [0.25, 0.3) is 0 Å². The SMILES string of the molecule is CCC1CN=C(NCc2ccccn2)S1. The van der Waals surface area contributed by atoms with Crippen molar-refractivity contribution in [1.82, 2.24) is 10.3 Å². The lowest BCUT2D eigenvalue weighted by atomic mass is 10.3. The number of pyridine rings is 1. The maximum absolute atomic E-state index is 4.44. The summed E-state index contributed by atoms with van der Waals surface area (Å²) in [6.45, 7) is 3.92. The molecule has 4 heteroatoms. The third kappa shape index (κ3) is 2.96. The zero-order valence-corrected chi connectivity index (χ0v) is 9.63. The van der Waals surface area contributed by atoms with E-state index >= 15 is 0 Å². The smallest absolute Gasteiger partial charge is 0.157 e. The quantitative estimate of drug-likeness (QED) is 0.849. The van der Waals surface area contributed by atoms with Crippen LogP contribution in [0.5, 0.6) is 0 Å². The van der Waals surface area contributed by atoms with Gasteiger partial charge in [-0.05, 0) is 18.6 Å². The minimum absolute atomic E-state index is 0.663. The van der Waals surface area contributed by atoms with Gasteiger partial charge < -0.3 is 5.32 Å². The second-order valence-electron chi connectivity index (χ2n) is 3.47. The lowest BCUT2D eigenvalue weighted by molar-refractivity contribution is 0.836. The highest BCUT2D eigenvalue weighted by Crippen LogP contribution is 2.21. The first-order chi connectivity index (χ1) is 7.38. The van der Waals surface area contributed by atoms with Gasteiger partial charge in [-0.3, -0.25) is 9.98 Å². The molecule has 0 fully saturated rings. The third-order valence-corrected chi connectivity index (χ3v) is 3.63. The monoisotopic (exact) mass is 221 g/mol. The van der Waals surface area contributed by atoms with Gasteiger partial charge in [0.15, 0.2) is 5.17 Å². The van der Waals surface area contributed by atoms with Crippen molar-refractivity contribution in [2.75, 3.05) is 6.54 Å². The summed E-state index contributed by atoms with van der Waals surface area (Å²) in [7, 11) is 0. The Kier molecular flexibility index (Phi) is 3.61. The van der Waals surface area contributed by atoms with Crippen LogP contribution in [0.2, 0.25) is 0 Å². The lowest BCUT2D eigenvalue weighted by Crippen LogP contribution is -2.19. The fourth-order valence-electron chi connectivity index (χ4n) is 1.40. The van der Waals surface area contributed by atoms with Gasteiger partial charge in [0.2, 0.25) is 0 Å². The van der Waals surface area contributed by atoms with Crippen molar-refractivity contribution in [3.8, 4) is 0 Å². The molecule has 1 aromatic heterocycles. The van der Waals surface area contributed by atoms with Gasteiger partial charge in [-0.25, -0.2) is 0 Å². The van der Waals surface area contributed by atoms with Crippen LogP contribution in [0.15, 0.2) is 29.4 Å². The first-order valence-corrected chi connectivity index (χ1v) is 6.11. The first kappa shape index (κ1) is 10.5. The van der Waals surface area contributed by atoms with Crippen LogP contribution in [-0.2, 0) is 6.54 Å². The van der Waals surface area contributed by atoms with Crippen LogP contribution in [-0.4, -0.2) is 21.9 Å². The van der Waals surface area contributed by atoms with E-state index in [1.165, 1.54) is 6.42 Å². The van der Waals surface area contributed by atoms with Gasteiger partial charge in [-0.15, -0.1) is 0 Å². The van der Waals surface area contributed by atoms with E-state index in [4.69, 9.17) is 0 Å². The number of rotatable bonds is 3. The Balaban J connectivity index is 1.80. The molecule has 1 atom stereocenters. The standard InChI is InChI=1S/C11H15N3S/c1-2-10-8-14-11(15-10)13-7-9-5-3-4-6-12-9/h3-6,10H,2,7-8H2,1H3,(H,13,14). The molecule has 0 bridgehead atoms. The van der Waals surface area contributed by atoms with Crippen LogP contribution >= 0.6 is 11.8 Å². The Labute approximate surface area is 94.4 Å². The number of nitrogens with zero attached hydrogens (tertiary/aromatic N) is 2. The molecule has 1 aliphatic rings. The largest absolute Gasteiger partial charge is 0.359 e. The van der Waals surface area contributed by atoms with Gasteiger partial charge in [0.1, 0.15) is 0 Å². The molecule has 1 N–H and O–H groups in total. The van der Waals surface area contributed by atoms with E-state index in [9.17, 15) is 0 Å². The molecule has 0 radical (unpaired) electrons. The highest BCUT2D eigenvalue weighted by molar-refractivity contribution is 8.14. The molecule has 0 saturated carbocycles. The Morgan fingerprint density at radius 2 is 2.47 bits per heavy atom. The summed E-state index contributed by atoms with van der Waals surface area (Å²) in [4.78, 5) is 8.70. The van der Waals surface area contributed by atoms with Gasteiger partial charge >= 0.3 is 0 Å². The van der Waals surface area contributed by atoms with Gasteiger partial charge in [0.25, 0.3) is 0 Å². The number of aromatic nitrogens is 1. The molecule has 80 valence electrons. The average Bonchev–Trinajstić information content (AvgIpc) is 2.76. The van der Waals surface area contributed by atoms with Crippen molar-refractivity contribution in [2.24, 2.45) is 4.99 Å². The van der Waals surface area contributed by atoms with E-state index in [1.54, 1.807) is 0 Å². The second kappa shape index (κ2) is 5.16.